The van der Waals surface area contributed by atoms with Gasteiger partial charge in [-0.15, -0.1) is 11.3 Å². The maximum absolute atomic E-state index is 12.9. The Hall–Kier alpha value is -1.73. The molecule has 0 aliphatic carbocycles. The number of hydrogen-bond acceptors (Lipinski definition) is 5. The van der Waals surface area contributed by atoms with E-state index in [1.807, 2.05) is 18.7 Å². The number of hydrogen-bond donors (Lipinski definition) is 1. The summed E-state index contributed by atoms with van der Waals surface area (Å²) in [7, 11) is 0. The third kappa shape index (κ3) is 2.21. The normalized spacial score (nSPS) is 21.0. The number of nitrogens with zero attached hydrogens (tertiary/aromatic N) is 3. The Bertz CT molecular complexity index is 854. The Morgan fingerprint density at radius 1 is 1.39 bits per heavy atom. The van der Waals surface area contributed by atoms with Gasteiger partial charge in [0.15, 0.2) is 0 Å². The Morgan fingerprint density at radius 2 is 2.22 bits per heavy atom. The monoisotopic (exact) mass is 332 g/mol. The smallest absolute Gasteiger partial charge is 0.264 e. The number of thiophene rings is 1. The summed E-state index contributed by atoms with van der Waals surface area (Å²) in [6.07, 6.45) is 1.82. The van der Waals surface area contributed by atoms with Crippen LogP contribution in [0, 0.1) is 6.92 Å². The van der Waals surface area contributed by atoms with Gasteiger partial charge in [-0.1, -0.05) is 0 Å². The van der Waals surface area contributed by atoms with E-state index in [0.29, 0.717) is 21.6 Å². The van der Waals surface area contributed by atoms with Crippen molar-refractivity contribution in [2.45, 2.75) is 39.3 Å². The van der Waals surface area contributed by atoms with Crippen LogP contribution in [0.5, 0.6) is 0 Å². The summed E-state index contributed by atoms with van der Waals surface area (Å²) in [6.45, 7) is 7.00. The molecule has 0 aromatic carbocycles. The molecular weight excluding hydrogens is 312 g/mol. The van der Waals surface area contributed by atoms with E-state index in [0.717, 1.165) is 43.9 Å². The Kier molecular flexibility index (Phi) is 3.50. The highest BCUT2D eigenvalue weighted by Gasteiger charge is 2.29. The highest BCUT2D eigenvalue weighted by atomic mass is 32.1. The van der Waals surface area contributed by atoms with Gasteiger partial charge < -0.3 is 10.2 Å². The van der Waals surface area contributed by atoms with Crippen LogP contribution < -0.4 is 10.9 Å². The van der Waals surface area contributed by atoms with Gasteiger partial charge in [0.2, 0.25) is 0 Å². The summed E-state index contributed by atoms with van der Waals surface area (Å²) in [4.78, 5) is 33.6. The van der Waals surface area contributed by atoms with Gasteiger partial charge in [-0.25, -0.2) is 4.98 Å². The van der Waals surface area contributed by atoms with Gasteiger partial charge in [-0.3, -0.25) is 14.2 Å². The molecule has 1 amide bonds. The lowest BCUT2D eigenvalue weighted by molar-refractivity contribution is 0.0660. The average molecular weight is 332 g/mol. The average Bonchev–Trinajstić information content (AvgIpc) is 3.12. The van der Waals surface area contributed by atoms with Gasteiger partial charge in [0.25, 0.3) is 11.5 Å². The van der Waals surface area contributed by atoms with Crippen molar-refractivity contribution in [3.63, 3.8) is 0 Å². The number of carbonyl (C=O) groups is 1. The van der Waals surface area contributed by atoms with Gasteiger partial charge in [0.05, 0.1) is 10.3 Å². The number of fused-ring (bicyclic) bond motifs is 2. The van der Waals surface area contributed by atoms with Crippen molar-refractivity contribution >= 4 is 27.5 Å². The molecule has 7 heteroatoms. The van der Waals surface area contributed by atoms with Crippen LogP contribution in [-0.2, 0) is 13.0 Å². The topological polar surface area (TPSA) is 67.2 Å². The summed E-state index contributed by atoms with van der Waals surface area (Å²) >= 11 is 1.37. The van der Waals surface area contributed by atoms with Crippen LogP contribution in [0.25, 0.3) is 10.2 Å². The van der Waals surface area contributed by atoms with E-state index in [4.69, 9.17) is 0 Å². The van der Waals surface area contributed by atoms with E-state index in [1.54, 1.807) is 4.57 Å². The van der Waals surface area contributed by atoms with Gasteiger partial charge in [-0.2, -0.15) is 0 Å². The molecule has 1 fully saturated rings. The molecule has 2 aliphatic rings. The molecule has 0 radical (unpaired) electrons. The fraction of sp³-hybridized carbons (Fsp3) is 0.562. The Balaban J connectivity index is 1.82. The second-order valence-corrected chi connectivity index (χ2v) is 7.38. The number of nitrogens with one attached hydrogen (secondary N) is 1. The highest BCUT2D eigenvalue weighted by Crippen LogP contribution is 2.30. The number of rotatable bonds is 1. The van der Waals surface area contributed by atoms with Crippen molar-refractivity contribution in [3.05, 3.63) is 26.6 Å². The van der Waals surface area contributed by atoms with Crippen LogP contribution in [0.4, 0.5) is 0 Å². The summed E-state index contributed by atoms with van der Waals surface area (Å²) in [5.41, 5.74) is 0.809. The van der Waals surface area contributed by atoms with E-state index < -0.39 is 0 Å². The molecule has 0 saturated carbocycles. The van der Waals surface area contributed by atoms with Crippen molar-refractivity contribution in [3.8, 4) is 0 Å². The van der Waals surface area contributed by atoms with Crippen molar-refractivity contribution in [1.82, 2.24) is 19.8 Å². The Morgan fingerprint density at radius 3 is 3.00 bits per heavy atom. The molecule has 2 aromatic heterocycles. The predicted molar refractivity (Wildman–Crippen MR) is 90.3 cm³/mol. The summed E-state index contributed by atoms with van der Waals surface area (Å²) in [5, 5.41) is 3.93. The van der Waals surface area contributed by atoms with Crippen LogP contribution in [-0.4, -0.2) is 46.0 Å². The van der Waals surface area contributed by atoms with Crippen LogP contribution in [0.15, 0.2) is 4.79 Å². The standard InChI is InChI=1S/C16H20N4O2S/c1-9-8-17-5-7-19(9)16(22)13-10(2)12-14(23-13)18-11-4-3-6-20(11)15(12)21/h9,17H,3-8H2,1-2H3/t9-/m1/s1. The van der Waals surface area contributed by atoms with E-state index in [2.05, 4.69) is 10.3 Å². The molecule has 0 spiro atoms. The largest absolute Gasteiger partial charge is 0.333 e. The van der Waals surface area contributed by atoms with Crippen LogP contribution in [0.2, 0.25) is 0 Å². The molecule has 6 nitrogen and oxygen atoms in total. The minimum absolute atomic E-state index is 0.0173. The van der Waals surface area contributed by atoms with E-state index in [-0.39, 0.29) is 17.5 Å². The molecular formula is C16H20N4O2S. The lowest BCUT2D eigenvalue weighted by Gasteiger charge is -2.33. The second kappa shape index (κ2) is 5.42. The molecule has 23 heavy (non-hydrogen) atoms. The number of aromatic nitrogens is 2. The summed E-state index contributed by atoms with van der Waals surface area (Å²) in [6, 6.07) is 0.167. The SMILES string of the molecule is Cc1c(C(=O)N2CCNC[C@H]2C)sc2nc3n(c(=O)c12)CCC3. The maximum Gasteiger partial charge on any atom is 0.264 e. The fourth-order valence-electron chi connectivity index (χ4n) is 3.55. The first kappa shape index (κ1) is 14.8. The van der Waals surface area contributed by atoms with Crippen LogP contribution in [0.1, 0.15) is 34.4 Å². The molecule has 1 saturated heterocycles. The van der Waals surface area contributed by atoms with Crippen molar-refractivity contribution in [2.24, 2.45) is 0 Å². The number of amides is 1. The zero-order valence-electron chi connectivity index (χ0n) is 13.4. The molecule has 4 rings (SSSR count). The lowest BCUT2D eigenvalue weighted by Crippen LogP contribution is -2.52. The number of aryl methyl sites for hydroxylation is 2. The molecule has 4 heterocycles. The number of piperazine rings is 1. The molecule has 1 atom stereocenters. The molecule has 0 unspecified atom stereocenters. The van der Waals surface area contributed by atoms with Crippen molar-refractivity contribution < 1.29 is 4.79 Å². The minimum atomic E-state index is 0.0173. The van der Waals surface area contributed by atoms with Crippen LogP contribution in [0.3, 0.4) is 0 Å². The summed E-state index contributed by atoms with van der Waals surface area (Å²) in [5.74, 6) is 0.891. The zero-order chi connectivity index (χ0) is 16.1. The van der Waals surface area contributed by atoms with Gasteiger partial charge in [0.1, 0.15) is 10.7 Å². The first-order valence-electron chi connectivity index (χ1n) is 8.12. The first-order valence-corrected chi connectivity index (χ1v) is 8.94. The second-order valence-electron chi connectivity index (χ2n) is 6.38. The highest BCUT2D eigenvalue weighted by molar-refractivity contribution is 7.20. The van der Waals surface area contributed by atoms with Crippen molar-refractivity contribution in [1.29, 1.82) is 0 Å². The molecule has 2 aliphatic heterocycles. The number of carbonyl (C=O) groups excluding carboxylic acids is 1. The van der Waals surface area contributed by atoms with E-state index >= 15 is 0 Å². The van der Waals surface area contributed by atoms with Crippen LogP contribution >= 0.6 is 11.3 Å². The quantitative estimate of drug-likeness (QED) is 0.851. The minimum Gasteiger partial charge on any atom is -0.333 e. The van der Waals surface area contributed by atoms with E-state index in [9.17, 15) is 9.59 Å². The lowest BCUT2D eigenvalue weighted by atomic mass is 10.1. The third-order valence-electron chi connectivity index (χ3n) is 4.87. The van der Waals surface area contributed by atoms with Gasteiger partial charge in [0, 0.05) is 38.6 Å². The zero-order valence-corrected chi connectivity index (χ0v) is 14.2. The predicted octanol–water partition coefficient (Wildman–Crippen LogP) is 1.15. The van der Waals surface area contributed by atoms with Crippen molar-refractivity contribution in [2.75, 3.05) is 19.6 Å². The third-order valence-corrected chi connectivity index (χ3v) is 6.04. The van der Waals surface area contributed by atoms with E-state index in [1.165, 1.54) is 11.3 Å². The molecule has 1 N–H and O–H groups in total. The van der Waals surface area contributed by atoms with Gasteiger partial charge >= 0.3 is 0 Å². The maximum atomic E-state index is 12.9. The molecule has 122 valence electrons. The molecule has 2 aromatic rings. The summed E-state index contributed by atoms with van der Waals surface area (Å²) < 4.78 is 1.77. The fourth-order valence-corrected chi connectivity index (χ4v) is 4.70. The molecule has 0 bridgehead atoms. The Labute approximate surface area is 138 Å². The van der Waals surface area contributed by atoms with Gasteiger partial charge in [-0.05, 0) is 25.8 Å². The first-order chi connectivity index (χ1) is 11.1.